The van der Waals surface area contributed by atoms with Crippen LogP contribution in [0.3, 0.4) is 0 Å². The smallest absolute Gasteiger partial charge is 0.229 e. The highest BCUT2D eigenvalue weighted by Crippen LogP contribution is 2.48. The van der Waals surface area contributed by atoms with Crippen molar-refractivity contribution in [3.63, 3.8) is 0 Å². The fourth-order valence-corrected chi connectivity index (χ4v) is 5.22. The molecule has 0 aliphatic heterocycles. The molecule has 36 heavy (non-hydrogen) atoms. The SMILES string of the molecule is C[C@@H]1C[C@@](C)(c2ccnc(-n3cnc(CCS(C)(=O)=O)n3)n2)c2nnc(-c3c(F)cccc3F)cc21. The van der Waals surface area contributed by atoms with Crippen molar-refractivity contribution in [1.29, 1.82) is 0 Å². The molecule has 0 bridgehead atoms. The van der Waals surface area contributed by atoms with Gasteiger partial charge in [-0.25, -0.2) is 32.2 Å². The van der Waals surface area contributed by atoms with E-state index in [0.29, 0.717) is 23.6 Å². The summed E-state index contributed by atoms with van der Waals surface area (Å²) in [5.41, 5.74) is 1.56. The molecule has 0 spiro atoms. The van der Waals surface area contributed by atoms with Gasteiger partial charge in [-0.3, -0.25) is 0 Å². The van der Waals surface area contributed by atoms with Crippen LogP contribution in [0.25, 0.3) is 17.2 Å². The van der Waals surface area contributed by atoms with Gasteiger partial charge in [0.05, 0.1) is 33.8 Å². The first kappa shape index (κ1) is 24.0. The van der Waals surface area contributed by atoms with E-state index in [2.05, 4.69) is 25.3 Å². The number of benzene rings is 1. The number of hydrogen-bond acceptors (Lipinski definition) is 8. The molecule has 0 unspecified atom stereocenters. The second-order valence-corrected chi connectivity index (χ2v) is 11.6. The molecule has 3 aromatic heterocycles. The van der Waals surface area contributed by atoms with Crippen molar-refractivity contribution in [2.75, 3.05) is 12.0 Å². The molecule has 4 aromatic rings. The summed E-state index contributed by atoms with van der Waals surface area (Å²) < 4.78 is 53.0. The van der Waals surface area contributed by atoms with E-state index in [4.69, 9.17) is 4.98 Å². The minimum Gasteiger partial charge on any atom is -0.229 e. The zero-order valence-corrected chi connectivity index (χ0v) is 20.7. The van der Waals surface area contributed by atoms with Gasteiger partial charge in [0.2, 0.25) is 0 Å². The van der Waals surface area contributed by atoms with Crippen LogP contribution in [0.1, 0.15) is 49.0 Å². The van der Waals surface area contributed by atoms with Gasteiger partial charge in [0.1, 0.15) is 27.8 Å². The molecule has 0 radical (unpaired) electrons. The van der Waals surface area contributed by atoms with Crippen LogP contribution < -0.4 is 0 Å². The molecule has 0 saturated carbocycles. The number of aryl methyl sites for hydroxylation is 1. The Bertz CT molecular complexity index is 1550. The lowest BCUT2D eigenvalue weighted by atomic mass is 9.83. The molecular formula is C24H23F2N7O2S. The summed E-state index contributed by atoms with van der Waals surface area (Å²) in [5.74, 6) is -0.738. The van der Waals surface area contributed by atoms with Crippen LogP contribution in [-0.2, 0) is 21.7 Å². The Morgan fingerprint density at radius 1 is 1.14 bits per heavy atom. The molecule has 1 aromatic carbocycles. The average Bonchev–Trinajstić information content (AvgIpc) is 3.41. The van der Waals surface area contributed by atoms with Crippen LogP contribution in [0.2, 0.25) is 0 Å². The third-order valence-electron chi connectivity index (χ3n) is 6.46. The third-order valence-corrected chi connectivity index (χ3v) is 7.40. The lowest BCUT2D eigenvalue weighted by Gasteiger charge is -2.23. The van der Waals surface area contributed by atoms with Crippen molar-refractivity contribution in [2.45, 2.75) is 38.0 Å². The summed E-state index contributed by atoms with van der Waals surface area (Å²) in [7, 11) is -3.14. The van der Waals surface area contributed by atoms with Crippen LogP contribution in [0, 0.1) is 11.6 Å². The number of fused-ring (bicyclic) bond motifs is 1. The standard InChI is InChI=1S/C24H23F2N7O2S/c1-14-12-24(2,22-15(14)11-18(30-31-22)21-16(25)5-4-6-17(21)26)19-7-9-27-23(29-19)33-13-28-20(32-33)8-10-36(3,34)35/h4-7,9,11,13-14H,8,10,12H2,1-3H3/t14-,24+/m1/s1. The highest BCUT2D eigenvalue weighted by Gasteiger charge is 2.43. The monoisotopic (exact) mass is 511 g/mol. The Hall–Kier alpha value is -3.67. The van der Waals surface area contributed by atoms with E-state index in [-0.39, 0.29) is 35.3 Å². The molecule has 2 atom stereocenters. The number of hydrogen-bond donors (Lipinski definition) is 0. The predicted molar refractivity (Wildman–Crippen MR) is 127 cm³/mol. The molecule has 186 valence electrons. The fraction of sp³-hybridized carbons (Fsp3) is 0.333. The second kappa shape index (κ2) is 8.77. The highest BCUT2D eigenvalue weighted by atomic mass is 32.2. The van der Waals surface area contributed by atoms with Crippen molar-refractivity contribution < 1.29 is 17.2 Å². The molecule has 9 nitrogen and oxygen atoms in total. The van der Waals surface area contributed by atoms with Crippen LogP contribution >= 0.6 is 0 Å². The maximum atomic E-state index is 14.3. The molecule has 5 rings (SSSR count). The third kappa shape index (κ3) is 4.36. The van der Waals surface area contributed by atoms with E-state index in [1.807, 2.05) is 13.8 Å². The Morgan fingerprint density at radius 3 is 2.61 bits per heavy atom. The van der Waals surface area contributed by atoms with Crippen LogP contribution in [0.15, 0.2) is 42.9 Å². The number of rotatable bonds is 6. The number of nitrogens with zero attached hydrogens (tertiary/aromatic N) is 7. The van der Waals surface area contributed by atoms with Gasteiger partial charge < -0.3 is 0 Å². The molecule has 3 heterocycles. The Balaban J connectivity index is 1.49. The Labute approximate surface area is 206 Å². The van der Waals surface area contributed by atoms with E-state index in [1.54, 1.807) is 18.3 Å². The van der Waals surface area contributed by atoms with E-state index in [1.165, 1.54) is 29.2 Å². The molecule has 0 fully saturated rings. The fourth-order valence-electron chi connectivity index (χ4n) is 4.67. The van der Waals surface area contributed by atoms with Gasteiger partial charge in [-0.1, -0.05) is 13.0 Å². The lowest BCUT2D eigenvalue weighted by Crippen LogP contribution is -2.24. The maximum Gasteiger partial charge on any atom is 0.252 e. The van der Waals surface area contributed by atoms with Crippen molar-refractivity contribution in [3.8, 4) is 17.2 Å². The number of aromatic nitrogens is 7. The average molecular weight is 512 g/mol. The molecule has 0 N–H and O–H groups in total. The zero-order valence-electron chi connectivity index (χ0n) is 19.9. The predicted octanol–water partition coefficient (Wildman–Crippen LogP) is 3.19. The first-order chi connectivity index (χ1) is 17.0. The number of sulfone groups is 1. The first-order valence-corrected chi connectivity index (χ1v) is 13.4. The molecule has 12 heteroatoms. The summed E-state index contributed by atoms with van der Waals surface area (Å²) in [6, 6.07) is 7.19. The van der Waals surface area contributed by atoms with Gasteiger partial charge in [-0.15, -0.1) is 10.2 Å². The van der Waals surface area contributed by atoms with Gasteiger partial charge in [0.15, 0.2) is 5.82 Å². The molecular weight excluding hydrogens is 488 g/mol. The summed E-state index contributed by atoms with van der Waals surface area (Å²) in [4.78, 5) is 13.2. The summed E-state index contributed by atoms with van der Waals surface area (Å²) in [6.45, 7) is 4.03. The normalized spacial score (nSPS) is 19.4. The Morgan fingerprint density at radius 2 is 1.89 bits per heavy atom. The lowest BCUT2D eigenvalue weighted by molar-refractivity contribution is 0.496. The van der Waals surface area contributed by atoms with Gasteiger partial charge in [0, 0.05) is 18.9 Å². The topological polar surface area (TPSA) is 116 Å². The van der Waals surface area contributed by atoms with Crippen molar-refractivity contribution in [2.24, 2.45) is 0 Å². The molecule has 1 aliphatic carbocycles. The summed E-state index contributed by atoms with van der Waals surface area (Å²) >= 11 is 0. The molecule has 0 saturated heterocycles. The van der Waals surface area contributed by atoms with E-state index in [9.17, 15) is 17.2 Å². The van der Waals surface area contributed by atoms with Crippen molar-refractivity contribution in [3.05, 3.63) is 77.3 Å². The minimum atomic E-state index is -3.14. The highest BCUT2D eigenvalue weighted by molar-refractivity contribution is 7.90. The summed E-state index contributed by atoms with van der Waals surface area (Å²) in [5, 5.41) is 12.9. The number of halogens is 2. The van der Waals surface area contributed by atoms with Gasteiger partial charge in [-0.2, -0.15) is 9.78 Å². The zero-order chi connectivity index (χ0) is 25.7. The van der Waals surface area contributed by atoms with E-state index < -0.39 is 26.9 Å². The minimum absolute atomic E-state index is 0.0430. The van der Waals surface area contributed by atoms with Gasteiger partial charge in [0.25, 0.3) is 5.95 Å². The van der Waals surface area contributed by atoms with Crippen molar-refractivity contribution in [1.82, 2.24) is 34.9 Å². The largest absolute Gasteiger partial charge is 0.252 e. The van der Waals surface area contributed by atoms with E-state index >= 15 is 0 Å². The van der Waals surface area contributed by atoms with Crippen LogP contribution in [0.4, 0.5) is 8.78 Å². The molecule has 1 aliphatic rings. The van der Waals surface area contributed by atoms with Crippen LogP contribution in [0.5, 0.6) is 0 Å². The Kier molecular flexibility index (Phi) is 5.86. The second-order valence-electron chi connectivity index (χ2n) is 9.29. The van der Waals surface area contributed by atoms with Gasteiger partial charge in [-0.05, 0) is 49.1 Å². The van der Waals surface area contributed by atoms with Gasteiger partial charge >= 0.3 is 0 Å². The molecule has 0 amide bonds. The summed E-state index contributed by atoms with van der Waals surface area (Å²) in [6.07, 6.45) is 5.07. The first-order valence-electron chi connectivity index (χ1n) is 11.3. The quantitative estimate of drug-likeness (QED) is 0.388. The van der Waals surface area contributed by atoms with Crippen LogP contribution in [-0.4, -0.2) is 55.4 Å². The van der Waals surface area contributed by atoms with E-state index in [0.717, 1.165) is 11.8 Å². The van der Waals surface area contributed by atoms with Crippen molar-refractivity contribution >= 4 is 9.84 Å². The maximum absolute atomic E-state index is 14.3.